The van der Waals surface area contributed by atoms with Crippen LogP contribution >= 0.6 is 11.3 Å². The lowest BCUT2D eigenvalue weighted by Crippen LogP contribution is -2.37. The Balaban J connectivity index is 1.38. The maximum absolute atomic E-state index is 11.3. The van der Waals surface area contributed by atoms with Crippen LogP contribution in [0.2, 0.25) is 0 Å². The van der Waals surface area contributed by atoms with Crippen molar-refractivity contribution in [1.29, 1.82) is 0 Å². The number of nitro benzene ring substituents is 1. The molecule has 0 bridgehead atoms. The second-order valence-corrected chi connectivity index (χ2v) is 8.49. The second-order valence-electron chi connectivity index (χ2n) is 7.71. The molecular weight excluding hydrogens is 458 g/mol. The third-order valence-electron chi connectivity index (χ3n) is 5.62. The summed E-state index contributed by atoms with van der Waals surface area (Å²) in [6.07, 6.45) is 1.74. The molecule has 5 aromatic rings. The van der Waals surface area contributed by atoms with Crippen molar-refractivity contribution < 1.29 is 9.66 Å². The van der Waals surface area contributed by atoms with Gasteiger partial charge >= 0.3 is 0 Å². The Morgan fingerprint density at radius 1 is 1.18 bits per heavy atom. The van der Waals surface area contributed by atoms with Crippen molar-refractivity contribution in [2.75, 3.05) is 36.5 Å². The predicted molar refractivity (Wildman–Crippen MR) is 128 cm³/mol. The number of fused-ring (bicyclic) bond motifs is 2. The molecule has 1 aromatic carbocycles. The molecule has 13 heteroatoms. The monoisotopic (exact) mass is 477 g/mol. The fourth-order valence-corrected chi connectivity index (χ4v) is 4.59. The molecule has 0 saturated carbocycles. The van der Waals surface area contributed by atoms with E-state index in [0.717, 1.165) is 5.69 Å². The number of non-ortho nitro benzene ring substituents is 1. The number of nitrogens with one attached hydrogen (secondary N) is 2. The number of ether oxygens (including phenoxy) is 1. The van der Waals surface area contributed by atoms with Gasteiger partial charge in [0.05, 0.1) is 35.9 Å². The van der Waals surface area contributed by atoms with Gasteiger partial charge in [-0.25, -0.2) is 9.97 Å². The lowest BCUT2D eigenvalue weighted by atomic mass is 10.3. The van der Waals surface area contributed by atoms with Gasteiger partial charge in [-0.05, 0) is 17.5 Å². The van der Waals surface area contributed by atoms with E-state index in [9.17, 15) is 10.1 Å². The molecule has 2 N–H and O–H groups in total. The maximum Gasteiger partial charge on any atom is 0.297 e. The second kappa shape index (κ2) is 8.35. The Bertz CT molecular complexity index is 1490. The Morgan fingerprint density at radius 2 is 2.06 bits per heavy atom. The number of aromatic amines is 1. The number of hydrogen-bond acceptors (Lipinski definition) is 10. The first-order valence-electron chi connectivity index (χ1n) is 10.6. The summed E-state index contributed by atoms with van der Waals surface area (Å²) < 4.78 is 7.42. The maximum atomic E-state index is 11.3. The average molecular weight is 478 g/mol. The van der Waals surface area contributed by atoms with Crippen LogP contribution in [-0.4, -0.2) is 60.7 Å². The molecule has 5 heterocycles. The predicted octanol–water partition coefficient (Wildman–Crippen LogP) is 3.11. The third-order valence-corrected chi connectivity index (χ3v) is 6.29. The fraction of sp³-hybridized carbons (Fsp3) is 0.238. The standard InChI is InChI=1S/C21H19N9O3S/c31-30(32)15-3-1-2-14-17(15)25-16(24-14)10-22-19-18-20(29(12-23-18)13-4-9-34-11-13)27-21(26-19)28-5-7-33-8-6-28/h1-4,9,11-12H,5-8,10H2,(H,24,25)(H,22,26,27). The number of thiophene rings is 1. The number of aromatic nitrogens is 6. The van der Waals surface area contributed by atoms with Crippen LogP contribution in [0.1, 0.15) is 5.82 Å². The highest BCUT2D eigenvalue weighted by Gasteiger charge is 2.21. The number of imidazole rings is 2. The van der Waals surface area contributed by atoms with Crippen molar-refractivity contribution in [3.63, 3.8) is 0 Å². The van der Waals surface area contributed by atoms with E-state index in [4.69, 9.17) is 14.7 Å². The van der Waals surface area contributed by atoms with Crippen LogP contribution in [-0.2, 0) is 11.3 Å². The average Bonchev–Trinajstić information content (AvgIpc) is 3.61. The molecule has 0 radical (unpaired) electrons. The number of benzene rings is 1. The van der Waals surface area contributed by atoms with Crippen molar-refractivity contribution in [3.8, 4) is 5.69 Å². The molecule has 6 rings (SSSR count). The summed E-state index contributed by atoms with van der Waals surface area (Å²) in [5.41, 5.74) is 3.20. The molecule has 12 nitrogen and oxygen atoms in total. The molecule has 0 aliphatic carbocycles. The van der Waals surface area contributed by atoms with Gasteiger partial charge in [0.2, 0.25) is 5.95 Å². The minimum absolute atomic E-state index is 0.0338. The van der Waals surface area contributed by atoms with Crippen molar-refractivity contribution in [2.45, 2.75) is 6.54 Å². The third kappa shape index (κ3) is 3.60. The Morgan fingerprint density at radius 3 is 2.85 bits per heavy atom. The molecule has 34 heavy (non-hydrogen) atoms. The van der Waals surface area contributed by atoms with E-state index >= 15 is 0 Å². The number of para-hydroxylation sites is 1. The lowest BCUT2D eigenvalue weighted by Gasteiger charge is -2.27. The number of hydrogen-bond donors (Lipinski definition) is 2. The quantitative estimate of drug-likeness (QED) is 0.279. The van der Waals surface area contributed by atoms with Gasteiger partial charge in [0.1, 0.15) is 12.2 Å². The number of H-pyrrole nitrogens is 1. The van der Waals surface area contributed by atoms with Crippen LogP contribution < -0.4 is 10.2 Å². The number of rotatable bonds is 6. The van der Waals surface area contributed by atoms with Gasteiger partial charge in [-0.3, -0.25) is 14.7 Å². The summed E-state index contributed by atoms with van der Waals surface area (Å²) in [7, 11) is 0. The molecule has 172 valence electrons. The van der Waals surface area contributed by atoms with Crippen molar-refractivity contribution in [3.05, 3.63) is 57.3 Å². The van der Waals surface area contributed by atoms with E-state index in [-0.39, 0.29) is 12.2 Å². The molecule has 0 amide bonds. The molecule has 0 atom stereocenters. The van der Waals surface area contributed by atoms with Crippen LogP contribution in [0.25, 0.3) is 27.9 Å². The number of nitrogens with zero attached hydrogens (tertiary/aromatic N) is 7. The first-order valence-corrected chi connectivity index (χ1v) is 11.6. The van der Waals surface area contributed by atoms with Crippen LogP contribution in [0.3, 0.4) is 0 Å². The highest BCUT2D eigenvalue weighted by atomic mass is 32.1. The molecule has 1 aliphatic heterocycles. The molecular formula is C21H19N9O3S. The molecule has 1 saturated heterocycles. The topological polar surface area (TPSA) is 140 Å². The van der Waals surface area contributed by atoms with E-state index in [0.29, 0.717) is 66.1 Å². The summed E-state index contributed by atoms with van der Waals surface area (Å²) in [6, 6.07) is 6.85. The highest BCUT2D eigenvalue weighted by molar-refractivity contribution is 7.08. The SMILES string of the molecule is O=[N+]([O-])c1cccc2[nH]c(CNc3nc(N4CCOCC4)nc4c3ncn4-c3ccsc3)nc12. The Labute approximate surface area is 196 Å². The minimum atomic E-state index is -0.431. The van der Waals surface area contributed by atoms with Crippen LogP contribution in [0.15, 0.2) is 41.4 Å². The van der Waals surface area contributed by atoms with Gasteiger partial charge in [0, 0.05) is 24.5 Å². The largest absolute Gasteiger partial charge is 0.378 e. The van der Waals surface area contributed by atoms with E-state index < -0.39 is 4.92 Å². The van der Waals surface area contributed by atoms with E-state index in [1.165, 1.54) is 6.07 Å². The van der Waals surface area contributed by atoms with Gasteiger partial charge in [0.25, 0.3) is 5.69 Å². The van der Waals surface area contributed by atoms with E-state index in [1.54, 1.807) is 29.8 Å². The van der Waals surface area contributed by atoms with E-state index in [2.05, 4.69) is 25.2 Å². The normalized spacial score (nSPS) is 14.2. The zero-order valence-electron chi connectivity index (χ0n) is 17.8. The van der Waals surface area contributed by atoms with Gasteiger partial charge < -0.3 is 19.9 Å². The first kappa shape index (κ1) is 20.5. The number of anilines is 2. The van der Waals surface area contributed by atoms with Crippen molar-refractivity contribution >= 4 is 51.0 Å². The van der Waals surface area contributed by atoms with Crippen molar-refractivity contribution in [1.82, 2.24) is 29.5 Å². The molecule has 1 fully saturated rings. The lowest BCUT2D eigenvalue weighted by molar-refractivity contribution is -0.383. The van der Waals surface area contributed by atoms with Crippen LogP contribution in [0, 0.1) is 10.1 Å². The summed E-state index contributed by atoms with van der Waals surface area (Å²) in [6.45, 7) is 2.92. The summed E-state index contributed by atoms with van der Waals surface area (Å²) >= 11 is 1.60. The smallest absolute Gasteiger partial charge is 0.297 e. The van der Waals surface area contributed by atoms with E-state index in [1.807, 2.05) is 21.4 Å². The highest BCUT2D eigenvalue weighted by Crippen LogP contribution is 2.27. The zero-order valence-corrected chi connectivity index (χ0v) is 18.7. The number of morpholine rings is 1. The first-order chi connectivity index (χ1) is 16.7. The van der Waals surface area contributed by atoms with Crippen LogP contribution in [0.4, 0.5) is 17.5 Å². The summed E-state index contributed by atoms with van der Waals surface area (Å²) in [5.74, 6) is 1.72. The molecule has 0 spiro atoms. The van der Waals surface area contributed by atoms with Gasteiger partial charge in [-0.2, -0.15) is 21.3 Å². The molecule has 4 aromatic heterocycles. The van der Waals surface area contributed by atoms with Gasteiger partial charge in [0.15, 0.2) is 22.5 Å². The zero-order chi connectivity index (χ0) is 23.1. The van der Waals surface area contributed by atoms with Crippen LogP contribution in [0.5, 0.6) is 0 Å². The Kier molecular flexibility index (Phi) is 5.04. The molecule has 0 unspecified atom stereocenters. The summed E-state index contributed by atoms with van der Waals surface area (Å²) in [5, 5.41) is 18.7. The van der Waals surface area contributed by atoms with Gasteiger partial charge in [-0.1, -0.05) is 6.07 Å². The molecule has 1 aliphatic rings. The van der Waals surface area contributed by atoms with Crippen molar-refractivity contribution in [2.24, 2.45) is 0 Å². The number of nitro groups is 1. The summed E-state index contributed by atoms with van der Waals surface area (Å²) in [4.78, 5) is 34.7. The fourth-order valence-electron chi connectivity index (χ4n) is 3.97. The minimum Gasteiger partial charge on any atom is -0.378 e. The Hall–Kier alpha value is -4.10. The van der Waals surface area contributed by atoms with Gasteiger partial charge in [-0.15, -0.1) is 0 Å².